The zero-order valence-electron chi connectivity index (χ0n) is 14.4. The summed E-state index contributed by atoms with van der Waals surface area (Å²) in [6.07, 6.45) is 1.62. The molecule has 0 saturated carbocycles. The SMILES string of the molecule is C=C(C[C@@H](NC)C(CS)N1CCCC1=O)S(=O)(=O)NC(C)(C)C. The highest BCUT2D eigenvalue weighted by atomic mass is 32.2. The number of amides is 1. The van der Waals surface area contributed by atoms with Crippen LogP contribution in [0.2, 0.25) is 0 Å². The van der Waals surface area contributed by atoms with E-state index < -0.39 is 15.6 Å². The molecular formula is C15H29N3O3S2. The third-order valence-electron chi connectivity index (χ3n) is 3.80. The molecule has 1 rings (SSSR count). The highest BCUT2D eigenvalue weighted by Gasteiger charge is 2.34. The monoisotopic (exact) mass is 363 g/mol. The molecule has 1 unspecified atom stereocenters. The minimum Gasteiger partial charge on any atom is -0.337 e. The first kappa shape index (κ1) is 20.5. The summed E-state index contributed by atoms with van der Waals surface area (Å²) in [5.41, 5.74) is -0.565. The standard InChI is InChI=1S/C15H29N3O3S2/c1-11(23(20,21)17-15(2,3)4)9-12(16-5)13(10-22)18-8-6-7-14(18)19/h12-13,16-17,22H,1,6-10H2,2-5H3/t12-,13?/m1/s1. The average Bonchev–Trinajstić information content (AvgIpc) is 2.81. The van der Waals surface area contributed by atoms with Crippen molar-refractivity contribution in [1.29, 1.82) is 0 Å². The number of sulfonamides is 1. The Morgan fingerprint density at radius 3 is 2.43 bits per heavy atom. The van der Waals surface area contributed by atoms with Crippen LogP contribution in [-0.2, 0) is 14.8 Å². The maximum atomic E-state index is 12.4. The van der Waals surface area contributed by atoms with Crippen molar-refractivity contribution >= 4 is 28.6 Å². The van der Waals surface area contributed by atoms with E-state index in [-0.39, 0.29) is 29.3 Å². The predicted molar refractivity (Wildman–Crippen MR) is 97.0 cm³/mol. The molecule has 1 saturated heterocycles. The average molecular weight is 364 g/mol. The Kier molecular flexibility index (Phi) is 7.12. The van der Waals surface area contributed by atoms with Crippen LogP contribution in [0.5, 0.6) is 0 Å². The molecule has 2 N–H and O–H groups in total. The van der Waals surface area contributed by atoms with Gasteiger partial charge in [0.25, 0.3) is 0 Å². The van der Waals surface area contributed by atoms with Gasteiger partial charge in [-0.25, -0.2) is 13.1 Å². The van der Waals surface area contributed by atoms with Crippen LogP contribution in [0, 0.1) is 0 Å². The Labute approximate surface area is 145 Å². The van der Waals surface area contributed by atoms with Crippen LogP contribution < -0.4 is 10.0 Å². The first-order valence-corrected chi connectivity index (χ1v) is 9.92. The van der Waals surface area contributed by atoms with Gasteiger partial charge >= 0.3 is 0 Å². The Morgan fingerprint density at radius 1 is 1.43 bits per heavy atom. The van der Waals surface area contributed by atoms with Crippen LogP contribution >= 0.6 is 12.6 Å². The second-order valence-corrected chi connectivity index (χ2v) is 9.09. The molecule has 23 heavy (non-hydrogen) atoms. The van der Waals surface area contributed by atoms with Gasteiger partial charge in [0, 0.05) is 36.7 Å². The summed E-state index contributed by atoms with van der Waals surface area (Å²) >= 11 is 4.36. The fourth-order valence-corrected chi connectivity index (χ4v) is 4.52. The molecule has 1 heterocycles. The molecule has 0 bridgehead atoms. The fourth-order valence-electron chi connectivity index (χ4n) is 2.72. The number of hydrogen-bond acceptors (Lipinski definition) is 5. The highest BCUT2D eigenvalue weighted by molar-refractivity contribution is 7.93. The van der Waals surface area contributed by atoms with Crippen molar-refractivity contribution in [3.05, 3.63) is 11.5 Å². The number of carbonyl (C=O) groups excluding carboxylic acids is 1. The largest absolute Gasteiger partial charge is 0.337 e. The van der Waals surface area contributed by atoms with Crippen LogP contribution in [0.1, 0.15) is 40.0 Å². The second kappa shape index (κ2) is 8.00. The molecule has 0 spiro atoms. The van der Waals surface area contributed by atoms with Crippen LogP contribution in [0.25, 0.3) is 0 Å². The minimum absolute atomic E-state index is 0.102. The number of carbonyl (C=O) groups is 1. The van der Waals surface area contributed by atoms with Crippen LogP contribution in [0.3, 0.4) is 0 Å². The van der Waals surface area contributed by atoms with Gasteiger partial charge in [0.2, 0.25) is 15.9 Å². The van der Waals surface area contributed by atoms with Gasteiger partial charge in [-0.1, -0.05) is 6.58 Å². The van der Waals surface area contributed by atoms with Gasteiger partial charge in [0.05, 0.1) is 10.9 Å². The van der Waals surface area contributed by atoms with Crippen molar-refractivity contribution in [2.24, 2.45) is 0 Å². The molecule has 0 radical (unpaired) electrons. The molecule has 1 aliphatic rings. The number of likely N-dealkylation sites (N-methyl/N-ethyl adjacent to an activating group) is 1. The molecule has 8 heteroatoms. The molecule has 2 atom stereocenters. The molecule has 6 nitrogen and oxygen atoms in total. The van der Waals surface area contributed by atoms with E-state index in [9.17, 15) is 13.2 Å². The van der Waals surface area contributed by atoms with E-state index in [1.807, 2.05) is 0 Å². The van der Waals surface area contributed by atoms with E-state index in [4.69, 9.17) is 0 Å². The predicted octanol–water partition coefficient (Wildman–Crippen LogP) is 1.12. The quantitative estimate of drug-likeness (QED) is 0.565. The molecule has 0 aromatic heterocycles. The summed E-state index contributed by atoms with van der Waals surface area (Å²) in [7, 11) is -1.85. The Hall–Kier alpha value is -0.570. The van der Waals surface area contributed by atoms with Gasteiger partial charge < -0.3 is 10.2 Å². The molecule has 0 aliphatic carbocycles. The first-order chi connectivity index (χ1) is 10.5. The summed E-state index contributed by atoms with van der Waals surface area (Å²) < 4.78 is 27.3. The Bertz CT molecular complexity index is 541. The number of rotatable bonds is 8. The topological polar surface area (TPSA) is 78.5 Å². The van der Waals surface area contributed by atoms with Gasteiger partial charge in [-0.3, -0.25) is 4.79 Å². The van der Waals surface area contributed by atoms with Gasteiger partial charge in [0.1, 0.15) is 0 Å². The normalized spacial score (nSPS) is 19.0. The number of hydrogen-bond donors (Lipinski definition) is 3. The zero-order valence-corrected chi connectivity index (χ0v) is 16.1. The minimum atomic E-state index is -3.61. The maximum Gasteiger partial charge on any atom is 0.236 e. The van der Waals surface area contributed by atoms with E-state index in [2.05, 4.69) is 29.2 Å². The van der Waals surface area contributed by atoms with Gasteiger partial charge in [0.15, 0.2) is 0 Å². The van der Waals surface area contributed by atoms with E-state index in [1.165, 1.54) is 0 Å². The summed E-state index contributed by atoms with van der Waals surface area (Å²) in [6.45, 7) is 9.79. The Morgan fingerprint density at radius 2 is 2.04 bits per heavy atom. The molecule has 1 amide bonds. The first-order valence-electron chi connectivity index (χ1n) is 7.81. The van der Waals surface area contributed by atoms with E-state index in [0.717, 1.165) is 6.42 Å². The van der Waals surface area contributed by atoms with Crippen molar-refractivity contribution in [3.8, 4) is 0 Å². The zero-order chi connectivity index (χ0) is 17.8. The van der Waals surface area contributed by atoms with Crippen molar-refractivity contribution in [2.75, 3.05) is 19.3 Å². The lowest BCUT2D eigenvalue weighted by atomic mass is 10.1. The van der Waals surface area contributed by atoms with Gasteiger partial charge in [-0.05, 0) is 34.2 Å². The van der Waals surface area contributed by atoms with Crippen LogP contribution in [0.4, 0.5) is 0 Å². The summed E-state index contributed by atoms with van der Waals surface area (Å²) in [6, 6.07) is -0.362. The van der Waals surface area contributed by atoms with Crippen molar-refractivity contribution in [2.45, 2.75) is 57.7 Å². The van der Waals surface area contributed by atoms with Crippen molar-refractivity contribution < 1.29 is 13.2 Å². The molecule has 134 valence electrons. The van der Waals surface area contributed by atoms with Gasteiger partial charge in [-0.2, -0.15) is 12.6 Å². The van der Waals surface area contributed by atoms with Gasteiger partial charge in [-0.15, -0.1) is 0 Å². The summed E-state index contributed by atoms with van der Waals surface area (Å²) in [5.74, 6) is 0.572. The molecular weight excluding hydrogens is 334 g/mol. The highest BCUT2D eigenvalue weighted by Crippen LogP contribution is 2.22. The van der Waals surface area contributed by atoms with Crippen molar-refractivity contribution in [1.82, 2.24) is 14.9 Å². The number of nitrogens with one attached hydrogen (secondary N) is 2. The third-order valence-corrected chi connectivity index (χ3v) is 5.98. The summed E-state index contributed by atoms with van der Waals surface area (Å²) in [4.78, 5) is 13.9. The lowest BCUT2D eigenvalue weighted by Gasteiger charge is -2.34. The second-order valence-electron chi connectivity index (χ2n) is 6.93. The summed E-state index contributed by atoms with van der Waals surface area (Å²) in [5, 5.41) is 3.12. The van der Waals surface area contributed by atoms with Crippen LogP contribution in [0.15, 0.2) is 11.5 Å². The lowest BCUT2D eigenvalue weighted by molar-refractivity contribution is -0.129. The smallest absolute Gasteiger partial charge is 0.236 e. The Balaban J connectivity index is 2.85. The molecule has 1 aliphatic heterocycles. The third kappa shape index (κ3) is 5.77. The maximum absolute atomic E-state index is 12.4. The lowest BCUT2D eigenvalue weighted by Crippen LogP contribution is -2.51. The number of nitrogens with zero attached hydrogens (tertiary/aromatic N) is 1. The van der Waals surface area contributed by atoms with E-state index >= 15 is 0 Å². The molecule has 1 fully saturated rings. The molecule has 0 aromatic carbocycles. The van der Waals surface area contributed by atoms with Crippen molar-refractivity contribution in [3.63, 3.8) is 0 Å². The van der Waals surface area contributed by atoms with Crippen LogP contribution in [-0.4, -0.2) is 56.2 Å². The van der Waals surface area contributed by atoms with E-state index in [0.29, 0.717) is 18.7 Å². The number of likely N-dealkylation sites (tertiary alicyclic amines) is 1. The molecule has 0 aromatic rings. The fraction of sp³-hybridized carbons (Fsp3) is 0.800. The number of thiol groups is 1. The van der Waals surface area contributed by atoms with E-state index in [1.54, 1.807) is 32.7 Å².